The summed E-state index contributed by atoms with van der Waals surface area (Å²) in [5.41, 5.74) is 3.09. The van der Waals surface area contributed by atoms with Crippen molar-refractivity contribution in [2.75, 3.05) is 4.72 Å². The van der Waals surface area contributed by atoms with Crippen LogP contribution in [0.3, 0.4) is 0 Å². The van der Waals surface area contributed by atoms with Gasteiger partial charge >= 0.3 is 0 Å². The highest BCUT2D eigenvalue weighted by molar-refractivity contribution is 7.92. The van der Waals surface area contributed by atoms with E-state index in [1.165, 1.54) is 12.1 Å². The highest BCUT2D eigenvalue weighted by atomic mass is 32.2. The van der Waals surface area contributed by atoms with Crippen molar-refractivity contribution in [1.82, 2.24) is 4.98 Å². The second kappa shape index (κ2) is 6.64. The molecule has 0 fully saturated rings. The molecule has 0 spiro atoms. The minimum Gasteiger partial charge on any atom is -0.263 e. The largest absolute Gasteiger partial charge is 0.263 e. The molecule has 1 N–H and O–H groups in total. The summed E-state index contributed by atoms with van der Waals surface area (Å²) in [6.45, 7) is 3.55. The average Bonchev–Trinajstić information content (AvgIpc) is 2.56. The first-order chi connectivity index (χ1) is 11.9. The third kappa shape index (κ3) is 3.69. The van der Waals surface area contributed by atoms with Crippen molar-refractivity contribution in [2.24, 2.45) is 0 Å². The summed E-state index contributed by atoms with van der Waals surface area (Å²) in [5.74, 6) is -0.0661. The summed E-state index contributed by atoms with van der Waals surface area (Å²) in [6, 6.07) is 14.6. The Hall–Kier alpha value is -2.73. The molecule has 0 aliphatic carbocycles. The molecule has 0 aliphatic heterocycles. The predicted octanol–water partition coefficient (Wildman–Crippen LogP) is 4.31. The molecule has 3 rings (SSSR count). The fraction of sp³-hybridized carbons (Fsp3) is 0.105. The van der Waals surface area contributed by atoms with Gasteiger partial charge in [-0.1, -0.05) is 24.3 Å². The predicted molar refractivity (Wildman–Crippen MR) is 96.4 cm³/mol. The number of nitrogens with one attached hydrogen (secondary N) is 1. The van der Waals surface area contributed by atoms with Crippen molar-refractivity contribution in [2.45, 2.75) is 18.7 Å². The minimum atomic E-state index is -3.70. The van der Waals surface area contributed by atoms with Crippen molar-refractivity contribution < 1.29 is 12.8 Å². The van der Waals surface area contributed by atoms with Crippen LogP contribution in [0.1, 0.15) is 11.1 Å². The van der Waals surface area contributed by atoms with Crippen molar-refractivity contribution in [3.05, 3.63) is 77.7 Å². The highest BCUT2D eigenvalue weighted by Crippen LogP contribution is 2.25. The second-order valence-corrected chi connectivity index (χ2v) is 7.41. The van der Waals surface area contributed by atoms with Crippen LogP contribution in [-0.4, -0.2) is 13.4 Å². The second-order valence-electron chi connectivity index (χ2n) is 5.76. The molecule has 0 radical (unpaired) electrons. The van der Waals surface area contributed by atoms with Gasteiger partial charge in [0.1, 0.15) is 11.6 Å². The number of sulfonamides is 1. The Bertz CT molecular complexity index is 1020. The quantitative estimate of drug-likeness (QED) is 0.758. The first-order valence-electron chi connectivity index (χ1n) is 7.68. The minimum absolute atomic E-state index is 0.218. The highest BCUT2D eigenvalue weighted by Gasteiger charge is 2.17. The lowest BCUT2D eigenvalue weighted by atomic mass is 10.0. The number of hydrogen-bond donors (Lipinski definition) is 1. The van der Waals surface area contributed by atoms with Crippen LogP contribution in [-0.2, 0) is 10.0 Å². The molecule has 25 heavy (non-hydrogen) atoms. The number of aryl methyl sites for hydroxylation is 2. The zero-order valence-corrected chi connectivity index (χ0v) is 14.6. The van der Waals surface area contributed by atoms with E-state index in [1.54, 1.807) is 55.6 Å². The maximum Gasteiger partial charge on any atom is 0.263 e. The number of hydrogen-bond acceptors (Lipinski definition) is 3. The normalized spacial score (nSPS) is 11.3. The molecule has 0 saturated carbocycles. The molecule has 4 nitrogen and oxygen atoms in total. The van der Waals surface area contributed by atoms with Crippen molar-refractivity contribution in [1.29, 1.82) is 0 Å². The van der Waals surface area contributed by atoms with E-state index < -0.39 is 10.0 Å². The van der Waals surface area contributed by atoms with Crippen LogP contribution in [0.5, 0.6) is 0 Å². The van der Waals surface area contributed by atoms with Gasteiger partial charge < -0.3 is 0 Å². The molecule has 1 aromatic heterocycles. The molecule has 0 unspecified atom stereocenters. The number of benzene rings is 2. The number of nitrogens with zero attached hydrogens (tertiary/aromatic N) is 1. The van der Waals surface area contributed by atoms with Crippen LogP contribution in [0.4, 0.5) is 10.2 Å². The fourth-order valence-electron chi connectivity index (χ4n) is 2.62. The monoisotopic (exact) mass is 356 g/mol. The Kier molecular flexibility index (Phi) is 4.55. The summed E-state index contributed by atoms with van der Waals surface area (Å²) in [5, 5.41) is 0. The van der Waals surface area contributed by atoms with Gasteiger partial charge in [-0.3, -0.25) is 4.72 Å². The molecule has 0 aliphatic rings. The van der Waals surface area contributed by atoms with Crippen molar-refractivity contribution in [3.63, 3.8) is 0 Å². The van der Waals surface area contributed by atoms with Crippen LogP contribution >= 0.6 is 0 Å². The maximum atomic E-state index is 13.2. The SMILES string of the molecule is Cc1cc(F)ccc1-c1ccc(NS(=O)(=O)c2ccccc2C)nc1. The lowest BCUT2D eigenvalue weighted by Gasteiger charge is -2.10. The lowest BCUT2D eigenvalue weighted by Crippen LogP contribution is -2.15. The molecule has 0 bridgehead atoms. The van der Waals surface area contributed by atoms with Crippen LogP contribution < -0.4 is 4.72 Å². The molecule has 0 saturated heterocycles. The van der Waals surface area contributed by atoms with E-state index in [1.807, 2.05) is 6.92 Å². The summed E-state index contributed by atoms with van der Waals surface area (Å²) in [7, 11) is -3.70. The van der Waals surface area contributed by atoms with Gasteiger partial charge in [-0.2, -0.15) is 0 Å². The lowest BCUT2D eigenvalue weighted by molar-refractivity contribution is 0.600. The van der Waals surface area contributed by atoms with E-state index in [2.05, 4.69) is 9.71 Å². The molecular weight excluding hydrogens is 339 g/mol. The van der Waals surface area contributed by atoms with Gasteiger partial charge in [-0.05, 0) is 60.9 Å². The smallest absolute Gasteiger partial charge is 0.263 e. The van der Waals surface area contributed by atoms with E-state index in [9.17, 15) is 12.8 Å². The van der Waals surface area contributed by atoms with Gasteiger partial charge in [-0.15, -0.1) is 0 Å². The topological polar surface area (TPSA) is 59.1 Å². The van der Waals surface area contributed by atoms with E-state index in [4.69, 9.17) is 0 Å². The van der Waals surface area contributed by atoms with Gasteiger partial charge in [-0.25, -0.2) is 17.8 Å². The Labute approximate surface area is 146 Å². The van der Waals surface area contributed by atoms with Crippen LogP contribution in [0, 0.1) is 19.7 Å². The van der Waals surface area contributed by atoms with Crippen LogP contribution in [0.2, 0.25) is 0 Å². The fourth-order valence-corrected chi connectivity index (χ4v) is 3.87. The third-order valence-corrected chi connectivity index (χ3v) is 5.40. The number of anilines is 1. The van der Waals surface area contributed by atoms with E-state index >= 15 is 0 Å². The van der Waals surface area contributed by atoms with Crippen molar-refractivity contribution >= 4 is 15.8 Å². The summed E-state index contributed by atoms with van der Waals surface area (Å²) in [4.78, 5) is 4.39. The van der Waals surface area contributed by atoms with Crippen LogP contribution in [0.15, 0.2) is 65.7 Å². The van der Waals surface area contributed by atoms with Gasteiger partial charge in [0.2, 0.25) is 0 Å². The number of pyridine rings is 1. The van der Waals surface area contributed by atoms with Crippen molar-refractivity contribution in [3.8, 4) is 11.1 Å². The van der Waals surface area contributed by atoms with Gasteiger partial charge in [0.25, 0.3) is 10.0 Å². The molecule has 128 valence electrons. The maximum absolute atomic E-state index is 13.2. The van der Waals surface area contributed by atoms with E-state index in [0.717, 1.165) is 16.7 Å². The molecule has 0 atom stereocenters. The first kappa shape index (κ1) is 17.1. The molecule has 1 heterocycles. The zero-order valence-electron chi connectivity index (χ0n) is 13.8. The number of aromatic nitrogens is 1. The summed E-state index contributed by atoms with van der Waals surface area (Å²) < 4.78 is 40.6. The molecule has 3 aromatic rings. The first-order valence-corrected chi connectivity index (χ1v) is 9.16. The van der Waals surface area contributed by atoms with Gasteiger partial charge in [0, 0.05) is 11.8 Å². The standard InChI is InChI=1S/C19H17FN2O2S/c1-13-5-3-4-6-18(13)25(23,24)22-19-10-7-15(12-21-19)17-9-8-16(20)11-14(17)2/h3-12H,1-2H3,(H,21,22). The van der Waals surface area contributed by atoms with Gasteiger partial charge in [0.05, 0.1) is 4.90 Å². The molecule has 0 amide bonds. The Balaban J connectivity index is 1.87. The zero-order chi connectivity index (χ0) is 18.0. The summed E-state index contributed by atoms with van der Waals surface area (Å²) >= 11 is 0. The van der Waals surface area contributed by atoms with E-state index in [0.29, 0.717) is 5.56 Å². The Morgan fingerprint density at radius 3 is 2.36 bits per heavy atom. The molecule has 2 aromatic carbocycles. The average molecular weight is 356 g/mol. The van der Waals surface area contributed by atoms with Gasteiger partial charge in [0.15, 0.2) is 0 Å². The molecule has 6 heteroatoms. The third-order valence-electron chi connectivity index (χ3n) is 3.88. The molecular formula is C19H17FN2O2S. The van der Waals surface area contributed by atoms with Crippen LogP contribution in [0.25, 0.3) is 11.1 Å². The number of halogens is 1. The Morgan fingerprint density at radius 2 is 1.72 bits per heavy atom. The van der Waals surface area contributed by atoms with E-state index in [-0.39, 0.29) is 16.5 Å². The number of rotatable bonds is 4. The summed E-state index contributed by atoms with van der Waals surface area (Å²) in [6.07, 6.45) is 1.57. The Morgan fingerprint density at radius 1 is 0.960 bits per heavy atom.